The number of nitrogens with one attached hydrogen (secondary N) is 1. The molecule has 0 unspecified atom stereocenters. The molecule has 1 aromatic rings. The molecule has 7 heteroatoms. The molecule has 2 fully saturated rings. The number of hydrogen-bond acceptors (Lipinski definition) is 3. The normalized spacial score (nSPS) is 21.3. The van der Waals surface area contributed by atoms with Crippen molar-refractivity contribution in [1.29, 1.82) is 0 Å². The monoisotopic (exact) mass is 383 g/mol. The van der Waals surface area contributed by atoms with Crippen LogP contribution in [0.4, 0.5) is 13.2 Å². The second kappa shape index (κ2) is 8.61. The van der Waals surface area contributed by atoms with Gasteiger partial charge < -0.3 is 10.2 Å². The molecule has 1 N–H and O–H groups in total. The van der Waals surface area contributed by atoms with E-state index in [0.717, 1.165) is 64.2 Å². The van der Waals surface area contributed by atoms with Gasteiger partial charge in [-0.2, -0.15) is 13.2 Å². The lowest BCUT2D eigenvalue weighted by Crippen LogP contribution is -2.53. The molecule has 3 rings (SSSR count). The average molecular weight is 383 g/mol. The summed E-state index contributed by atoms with van der Waals surface area (Å²) in [5.41, 5.74) is -0.0992. The number of halogens is 3. The van der Waals surface area contributed by atoms with Gasteiger partial charge in [0, 0.05) is 51.2 Å². The van der Waals surface area contributed by atoms with E-state index >= 15 is 0 Å². The molecule has 2 heterocycles. The number of carbonyl (C=O) groups excluding carboxylic acids is 1. The van der Waals surface area contributed by atoms with Crippen molar-refractivity contribution < 1.29 is 18.0 Å². The van der Waals surface area contributed by atoms with Crippen molar-refractivity contribution in [2.24, 2.45) is 5.92 Å². The standard InChI is InChI=1S/C20H28F3N3O/c1-15(13-16-3-2-4-17(14-16)20(21,22)23)19(27)26-9-5-18(6-10-26)25-11-7-24-8-12-25/h2-4,14-15,18,24H,5-13H2,1H3/t15-/m1/s1. The van der Waals surface area contributed by atoms with E-state index in [9.17, 15) is 18.0 Å². The summed E-state index contributed by atoms with van der Waals surface area (Å²) in [6.07, 6.45) is -2.07. The zero-order valence-electron chi connectivity index (χ0n) is 15.8. The first-order chi connectivity index (χ1) is 12.8. The summed E-state index contributed by atoms with van der Waals surface area (Å²) in [6, 6.07) is 5.83. The smallest absolute Gasteiger partial charge is 0.342 e. The van der Waals surface area contributed by atoms with Crippen LogP contribution in [0.25, 0.3) is 0 Å². The van der Waals surface area contributed by atoms with Gasteiger partial charge in [0.15, 0.2) is 0 Å². The minimum absolute atomic E-state index is 0.0474. The molecule has 4 nitrogen and oxygen atoms in total. The molecular weight excluding hydrogens is 355 g/mol. The van der Waals surface area contributed by atoms with Gasteiger partial charge in [-0.05, 0) is 30.9 Å². The molecular formula is C20H28F3N3O. The van der Waals surface area contributed by atoms with Gasteiger partial charge in [-0.1, -0.05) is 25.1 Å². The van der Waals surface area contributed by atoms with E-state index in [-0.39, 0.29) is 11.8 Å². The molecule has 2 aliphatic heterocycles. The maximum absolute atomic E-state index is 12.9. The molecule has 150 valence electrons. The quantitative estimate of drug-likeness (QED) is 0.869. The predicted molar refractivity (Wildman–Crippen MR) is 98.4 cm³/mol. The zero-order chi connectivity index (χ0) is 19.4. The Labute approximate surface area is 158 Å². The van der Waals surface area contributed by atoms with Crippen LogP contribution in [0.5, 0.6) is 0 Å². The molecule has 0 aliphatic carbocycles. The Morgan fingerprint density at radius 2 is 1.85 bits per heavy atom. The largest absolute Gasteiger partial charge is 0.416 e. The van der Waals surface area contributed by atoms with Crippen molar-refractivity contribution >= 4 is 5.91 Å². The van der Waals surface area contributed by atoms with E-state index in [1.807, 2.05) is 11.8 Å². The van der Waals surface area contributed by atoms with E-state index in [1.165, 1.54) is 6.07 Å². The molecule has 0 spiro atoms. The topological polar surface area (TPSA) is 35.6 Å². The van der Waals surface area contributed by atoms with Crippen molar-refractivity contribution in [3.63, 3.8) is 0 Å². The highest BCUT2D eigenvalue weighted by Gasteiger charge is 2.32. The second-order valence-electron chi connectivity index (χ2n) is 7.65. The lowest BCUT2D eigenvalue weighted by Gasteiger charge is -2.41. The lowest BCUT2D eigenvalue weighted by molar-refractivity contribution is -0.137. The highest BCUT2D eigenvalue weighted by molar-refractivity contribution is 5.79. The minimum Gasteiger partial charge on any atom is -0.342 e. The Kier molecular flexibility index (Phi) is 6.42. The van der Waals surface area contributed by atoms with Gasteiger partial charge in [-0.25, -0.2) is 0 Å². The van der Waals surface area contributed by atoms with Gasteiger partial charge in [0.25, 0.3) is 0 Å². The molecule has 0 radical (unpaired) electrons. The van der Waals surface area contributed by atoms with Crippen LogP contribution in [-0.2, 0) is 17.4 Å². The number of nitrogens with zero attached hydrogens (tertiary/aromatic N) is 2. The number of piperidine rings is 1. The molecule has 2 saturated heterocycles. The number of hydrogen-bond donors (Lipinski definition) is 1. The van der Waals surface area contributed by atoms with Crippen LogP contribution < -0.4 is 5.32 Å². The van der Waals surface area contributed by atoms with E-state index in [2.05, 4.69) is 10.2 Å². The summed E-state index contributed by atoms with van der Waals surface area (Å²) in [6.45, 7) is 7.45. The van der Waals surface area contributed by atoms with Gasteiger partial charge in [0.2, 0.25) is 5.91 Å². The molecule has 27 heavy (non-hydrogen) atoms. The highest BCUT2D eigenvalue weighted by Crippen LogP contribution is 2.30. The Morgan fingerprint density at radius 3 is 2.48 bits per heavy atom. The molecule has 0 saturated carbocycles. The first-order valence-electron chi connectivity index (χ1n) is 9.74. The van der Waals surface area contributed by atoms with E-state index in [1.54, 1.807) is 6.07 Å². The molecule has 1 amide bonds. The second-order valence-corrected chi connectivity index (χ2v) is 7.65. The third kappa shape index (κ3) is 5.23. The summed E-state index contributed by atoms with van der Waals surface area (Å²) in [7, 11) is 0. The van der Waals surface area contributed by atoms with Crippen molar-refractivity contribution in [2.75, 3.05) is 39.3 Å². The van der Waals surface area contributed by atoms with E-state index < -0.39 is 11.7 Å². The molecule has 1 atom stereocenters. The van der Waals surface area contributed by atoms with Crippen LogP contribution >= 0.6 is 0 Å². The van der Waals surface area contributed by atoms with Crippen LogP contribution in [0.1, 0.15) is 30.9 Å². The molecule has 0 aromatic heterocycles. The Bertz CT molecular complexity index is 636. The van der Waals surface area contributed by atoms with Gasteiger partial charge in [-0.3, -0.25) is 9.69 Å². The third-order valence-electron chi connectivity index (χ3n) is 5.66. The van der Waals surface area contributed by atoms with Gasteiger partial charge >= 0.3 is 6.18 Å². The first kappa shape index (κ1) is 20.1. The van der Waals surface area contributed by atoms with Crippen LogP contribution in [0.15, 0.2) is 24.3 Å². The van der Waals surface area contributed by atoms with Crippen LogP contribution in [0.3, 0.4) is 0 Å². The highest BCUT2D eigenvalue weighted by atomic mass is 19.4. The zero-order valence-corrected chi connectivity index (χ0v) is 15.8. The van der Waals surface area contributed by atoms with E-state index in [0.29, 0.717) is 18.0 Å². The summed E-state index contributed by atoms with van der Waals surface area (Å²) < 4.78 is 38.6. The number of alkyl halides is 3. The fourth-order valence-electron chi connectivity index (χ4n) is 4.13. The number of amides is 1. The van der Waals surface area contributed by atoms with E-state index in [4.69, 9.17) is 0 Å². The van der Waals surface area contributed by atoms with Gasteiger partial charge in [0.1, 0.15) is 0 Å². The summed E-state index contributed by atoms with van der Waals surface area (Å²) in [4.78, 5) is 17.1. The van der Waals surface area contributed by atoms with Crippen LogP contribution in [0, 0.1) is 5.92 Å². The number of carbonyl (C=O) groups is 1. The maximum atomic E-state index is 12.9. The lowest BCUT2D eigenvalue weighted by atomic mass is 9.96. The fourth-order valence-corrected chi connectivity index (χ4v) is 4.13. The SMILES string of the molecule is C[C@H](Cc1cccc(C(F)(F)F)c1)C(=O)N1CCC(N2CCNCC2)CC1. The molecule has 1 aromatic carbocycles. The Morgan fingerprint density at radius 1 is 1.19 bits per heavy atom. The van der Waals surface area contributed by atoms with Crippen LogP contribution in [0.2, 0.25) is 0 Å². The first-order valence-corrected chi connectivity index (χ1v) is 9.74. The number of likely N-dealkylation sites (tertiary alicyclic amines) is 1. The summed E-state index contributed by atoms with van der Waals surface area (Å²) in [5.74, 6) is -0.268. The molecule has 0 bridgehead atoms. The minimum atomic E-state index is -4.35. The van der Waals surface area contributed by atoms with Crippen molar-refractivity contribution in [3.8, 4) is 0 Å². The Hall–Kier alpha value is -1.60. The summed E-state index contributed by atoms with van der Waals surface area (Å²) >= 11 is 0. The predicted octanol–water partition coefficient (Wildman–Crippen LogP) is 2.78. The average Bonchev–Trinajstić information content (AvgIpc) is 2.68. The Balaban J connectivity index is 1.52. The molecule has 2 aliphatic rings. The van der Waals surface area contributed by atoms with Crippen LogP contribution in [-0.4, -0.2) is 61.0 Å². The number of rotatable bonds is 4. The number of benzene rings is 1. The third-order valence-corrected chi connectivity index (χ3v) is 5.66. The van der Waals surface area contributed by atoms with Crippen molar-refractivity contribution in [3.05, 3.63) is 35.4 Å². The maximum Gasteiger partial charge on any atom is 0.416 e. The van der Waals surface area contributed by atoms with Crippen molar-refractivity contribution in [1.82, 2.24) is 15.1 Å². The van der Waals surface area contributed by atoms with Crippen molar-refractivity contribution in [2.45, 2.75) is 38.4 Å². The number of piperazine rings is 1. The van der Waals surface area contributed by atoms with Gasteiger partial charge in [-0.15, -0.1) is 0 Å². The van der Waals surface area contributed by atoms with Gasteiger partial charge in [0.05, 0.1) is 5.56 Å². The summed E-state index contributed by atoms with van der Waals surface area (Å²) in [5, 5.41) is 3.36. The fraction of sp³-hybridized carbons (Fsp3) is 0.650.